The van der Waals surface area contributed by atoms with Crippen molar-refractivity contribution in [2.75, 3.05) is 0 Å². The van der Waals surface area contributed by atoms with E-state index in [2.05, 4.69) is 107 Å². The minimum Gasteiger partial charge on any atom is -0.250 e. The Morgan fingerprint density at radius 3 is 1.90 bits per heavy atom. The van der Waals surface area contributed by atoms with Crippen LogP contribution in [0.15, 0.2) is 109 Å². The topological polar surface area (TPSA) is 51.6 Å². The second-order valence-electron chi connectivity index (χ2n) is 11.5. The summed E-state index contributed by atoms with van der Waals surface area (Å²) in [6, 6.07) is 38.1. The first-order valence-corrected chi connectivity index (χ1v) is 14.6. The van der Waals surface area contributed by atoms with Crippen LogP contribution in [-0.2, 0) is 0 Å². The zero-order chi connectivity index (χ0) is 28.8. The molecule has 0 radical (unpaired) electrons. The molecule has 0 atom stereocenters. The molecule has 0 amide bonds. The van der Waals surface area contributed by atoms with Crippen LogP contribution in [-0.4, -0.2) is 19.9 Å². The van der Waals surface area contributed by atoms with Gasteiger partial charge < -0.3 is 0 Å². The van der Waals surface area contributed by atoms with E-state index in [1.54, 1.807) is 0 Å². The molecule has 0 aliphatic carbocycles. The average Bonchev–Trinajstić information content (AvgIpc) is 3.03. The molecule has 0 fully saturated rings. The minimum atomic E-state index is 0.290. The summed E-state index contributed by atoms with van der Waals surface area (Å²) < 4.78 is 0. The first-order valence-electron chi connectivity index (χ1n) is 14.6. The van der Waals surface area contributed by atoms with Gasteiger partial charge in [-0.3, -0.25) is 9.97 Å². The summed E-state index contributed by atoms with van der Waals surface area (Å²) in [5.74, 6) is 1.36. The quantitative estimate of drug-likeness (QED) is 0.202. The molecule has 3 aromatic heterocycles. The Morgan fingerprint density at radius 1 is 0.476 bits per heavy atom. The van der Waals surface area contributed by atoms with E-state index in [0.29, 0.717) is 11.8 Å². The molecular weight excluding hydrogens is 512 g/mol. The number of aromatic nitrogens is 4. The monoisotopic (exact) mass is 544 g/mol. The van der Waals surface area contributed by atoms with Crippen LogP contribution in [0, 0.1) is 0 Å². The number of hydrogen-bond donors (Lipinski definition) is 0. The smallest absolute Gasteiger partial charge is 0.160 e. The Hall–Kier alpha value is -4.96. The van der Waals surface area contributed by atoms with E-state index < -0.39 is 0 Å². The summed E-state index contributed by atoms with van der Waals surface area (Å²) in [6.45, 7) is 8.75. The highest BCUT2D eigenvalue weighted by atomic mass is 14.9. The molecule has 42 heavy (non-hydrogen) atoms. The van der Waals surface area contributed by atoms with E-state index in [1.165, 1.54) is 5.56 Å². The highest BCUT2D eigenvalue weighted by Gasteiger charge is 2.16. The van der Waals surface area contributed by atoms with E-state index in [0.717, 1.165) is 72.3 Å². The summed E-state index contributed by atoms with van der Waals surface area (Å²) >= 11 is 0. The van der Waals surface area contributed by atoms with Crippen LogP contribution in [0.3, 0.4) is 0 Å². The second kappa shape index (κ2) is 10.5. The summed E-state index contributed by atoms with van der Waals surface area (Å²) in [6.07, 6.45) is 0. The Balaban J connectivity index is 1.37. The highest BCUT2D eigenvalue weighted by Crippen LogP contribution is 2.36. The fraction of sp³-hybridized carbons (Fsp3) is 0.158. The average molecular weight is 545 g/mol. The van der Waals surface area contributed by atoms with Crippen LogP contribution in [0.5, 0.6) is 0 Å². The molecule has 4 heteroatoms. The summed E-state index contributed by atoms with van der Waals surface area (Å²) in [7, 11) is 0. The molecule has 0 bridgehead atoms. The first kappa shape index (κ1) is 26.0. The number of hydrogen-bond acceptors (Lipinski definition) is 4. The Bertz CT molecular complexity index is 2080. The molecule has 0 unspecified atom stereocenters. The predicted octanol–water partition coefficient (Wildman–Crippen LogP) is 9.97. The van der Waals surface area contributed by atoms with Gasteiger partial charge in [0.1, 0.15) is 0 Å². The van der Waals surface area contributed by atoms with Crippen molar-refractivity contribution in [3.63, 3.8) is 0 Å². The largest absolute Gasteiger partial charge is 0.250 e. The van der Waals surface area contributed by atoms with Crippen LogP contribution in [0.25, 0.3) is 66.5 Å². The third-order valence-corrected chi connectivity index (χ3v) is 7.97. The van der Waals surface area contributed by atoms with Crippen LogP contribution in [0.2, 0.25) is 0 Å². The van der Waals surface area contributed by atoms with E-state index >= 15 is 0 Å². The van der Waals surface area contributed by atoms with Crippen LogP contribution in [0.1, 0.15) is 50.9 Å². The van der Waals surface area contributed by atoms with Crippen molar-refractivity contribution < 1.29 is 0 Å². The molecule has 3 heterocycles. The fourth-order valence-electron chi connectivity index (χ4n) is 5.58. The lowest BCUT2D eigenvalue weighted by Crippen LogP contribution is -1.99. The Labute approximate surface area is 246 Å². The van der Waals surface area contributed by atoms with Gasteiger partial charge in [0.25, 0.3) is 0 Å². The standard InChI is InChI=1S/C38H32N4/c1-23(2)32-21-19-27-18-20-29-31(22-34(24(3)4)40-37(29)36(27)39-32)25-14-16-28(17-15-25)38-41-33-13-9-8-12-30(33)35(42-38)26-10-6-5-7-11-26/h5-24H,1-4H3. The SMILES string of the molecule is CC(C)c1ccc2ccc3c(-c4ccc(-c5nc(-c6ccccc6)c6ccccc6n5)cc4)cc(C(C)C)nc3c2n1. The van der Waals surface area contributed by atoms with E-state index in [1.807, 2.05) is 30.3 Å². The van der Waals surface area contributed by atoms with Crippen LogP contribution >= 0.6 is 0 Å². The van der Waals surface area contributed by atoms with E-state index in [9.17, 15) is 0 Å². The molecule has 7 aromatic rings. The van der Waals surface area contributed by atoms with Crippen LogP contribution in [0.4, 0.5) is 0 Å². The maximum atomic E-state index is 5.14. The number of pyridine rings is 2. The van der Waals surface area contributed by atoms with Gasteiger partial charge in [0.2, 0.25) is 0 Å². The molecular formula is C38H32N4. The molecule has 0 N–H and O–H groups in total. The maximum absolute atomic E-state index is 5.14. The molecule has 0 spiro atoms. The lowest BCUT2D eigenvalue weighted by Gasteiger charge is -2.15. The van der Waals surface area contributed by atoms with Gasteiger partial charge in [-0.05, 0) is 41.2 Å². The van der Waals surface area contributed by atoms with Gasteiger partial charge in [-0.1, -0.05) is 119 Å². The maximum Gasteiger partial charge on any atom is 0.160 e. The lowest BCUT2D eigenvalue weighted by molar-refractivity contribution is 0.826. The normalized spacial score (nSPS) is 11.8. The first-order chi connectivity index (χ1) is 20.5. The summed E-state index contributed by atoms with van der Waals surface area (Å²) in [5, 5.41) is 3.28. The molecule has 0 saturated heterocycles. The van der Waals surface area contributed by atoms with Gasteiger partial charge in [-0.25, -0.2) is 9.97 Å². The minimum absolute atomic E-state index is 0.290. The van der Waals surface area contributed by atoms with Gasteiger partial charge in [0.15, 0.2) is 5.82 Å². The molecule has 0 aliphatic heterocycles. The van der Waals surface area contributed by atoms with Gasteiger partial charge in [-0.2, -0.15) is 0 Å². The summed E-state index contributed by atoms with van der Waals surface area (Å²) in [4.78, 5) is 20.2. The number of nitrogens with zero attached hydrogens (tertiary/aromatic N) is 4. The van der Waals surface area contributed by atoms with Gasteiger partial charge in [0.05, 0.1) is 22.2 Å². The Morgan fingerprint density at radius 2 is 1.14 bits per heavy atom. The molecule has 4 nitrogen and oxygen atoms in total. The number of rotatable bonds is 5. The summed E-state index contributed by atoms with van der Waals surface area (Å²) in [5.41, 5.74) is 10.3. The van der Waals surface area contributed by atoms with Crippen molar-refractivity contribution in [3.8, 4) is 33.8 Å². The molecule has 0 saturated carbocycles. The third kappa shape index (κ3) is 4.59. The van der Waals surface area contributed by atoms with Crippen molar-refractivity contribution >= 4 is 32.7 Å². The number of para-hydroxylation sites is 1. The van der Waals surface area contributed by atoms with Gasteiger partial charge in [-0.15, -0.1) is 0 Å². The molecule has 7 rings (SSSR count). The molecule has 4 aromatic carbocycles. The molecule has 204 valence electrons. The van der Waals surface area contributed by atoms with Crippen molar-refractivity contribution in [1.82, 2.24) is 19.9 Å². The fourth-order valence-corrected chi connectivity index (χ4v) is 5.58. The van der Waals surface area contributed by atoms with Crippen LogP contribution < -0.4 is 0 Å². The second-order valence-corrected chi connectivity index (χ2v) is 11.5. The van der Waals surface area contributed by atoms with Gasteiger partial charge in [0, 0.05) is 38.7 Å². The lowest BCUT2D eigenvalue weighted by atomic mass is 9.95. The van der Waals surface area contributed by atoms with Gasteiger partial charge >= 0.3 is 0 Å². The third-order valence-electron chi connectivity index (χ3n) is 7.97. The van der Waals surface area contributed by atoms with Crippen molar-refractivity contribution in [2.45, 2.75) is 39.5 Å². The Kier molecular flexibility index (Phi) is 6.47. The molecule has 0 aliphatic rings. The zero-order valence-electron chi connectivity index (χ0n) is 24.3. The number of benzene rings is 4. The van der Waals surface area contributed by atoms with Crippen molar-refractivity contribution in [3.05, 3.63) is 121 Å². The van der Waals surface area contributed by atoms with E-state index in [-0.39, 0.29) is 0 Å². The van der Waals surface area contributed by atoms with Crippen molar-refractivity contribution in [2.24, 2.45) is 0 Å². The predicted molar refractivity (Wildman–Crippen MR) is 175 cm³/mol. The van der Waals surface area contributed by atoms with Crippen molar-refractivity contribution in [1.29, 1.82) is 0 Å². The highest BCUT2D eigenvalue weighted by molar-refractivity contribution is 6.08. The van der Waals surface area contributed by atoms with E-state index in [4.69, 9.17) is 19.9 Å². The number of fused-ring (bicyclic) bond motifs is 4. The zero-order valence-corrected chi connectivity index (χ0v) is 24.3.